The molecule has 1 aliphatic rings. The van der Waals surface area contributed by atoms with Crippen molar-refractivity contribution in [3.8, 4) is 6.07 Å². The third-order valence-electron chi connectivity index (χ3n) is 4.58. The van der Waals surface area contributed by atoms with Crippen LogP contribution in [0.2, 0.25) is 0 Å². The van der Waals surface area contributed by atoms with E-state index in [-0.39, 0.29) is 6.03 Å². The van der Waals surface area contributed by atoms with Gasteiger partial charge in [-0.05, 0) is 42.3 Å². The number of hydrogen-bond acceptors (Lipinski definition) is 3. The van der Waals surface area contributed by atoms with Crippen molar-refractivity contribution in [2.24, 2.45) is 0 Å². The number of piperazine rings is 1. The molecule has 0 atom stereocenters. The van der Waals surface area contributed by atoms with E-state index >= 15 is 0 Å². The monoisotopic (exact) mass is 334 g/mol. The summed E-state index contributed by atoms with van der Waals surface area (Å²) in [7, 11) is 0. The summed E-state index contributed by atoms with van der Waals surface area (Å²) < 4.78 is 0. The molecule has 128 valence electrons. The molecule has 0 aliphatic carbocycles. The number of urea groups is 1. The van der Waals surface area contributed by atoms with E-state index in [1.165, 1.54) is 11.1 Å². The van der Waals surface area contributed by atoms with E-state index in [2.05, 4.69) is 47.5 Å². The van der Waals surface area contributed by atoms with Gasteiger partial charge < -0.3 is 10.2 Å². The lowest BCUT2D eigenvalue weighted by Crippen LogP contribution is -2.49. The Bertz CT molecular complexity index is 771. The van der Waals surface area contributed by atoms with Crippen LogP contribution in [-0.2, 0) is 6.54 Å². The molecule has 0 saturated carbocycles. The molecule has 1 fully saturated rings. The van der Waals surface area contributed by atoms with Gasteiger partial charge in [-0.3, -0.25) is 4.90 Å². The van der Waals surface area contributed by atoms with Crippen molar-refractivity contribution >= 4 is 11.7 Å². The number of carbonyl (C=O) groups is 1. The van der Waals surface area contributed by atoms with E-state index in [1.54, 1.807) is 24.3 Å². The van der Waals surface area contributed by atoms with Crippen LogP contribution < -0.4 is 5.32 Å². The minimum Gasteiger partial charge on any atom is -0.322 e. The lowest BCUT2D eigenvalue weighted by molar-refractivity contribution is 0.143. The Morgan fingerprint density at radius 1 is 1.08 bits per heavy atom. The molecule has 0 spiro atoms. The SMILES string of the molecule is Cc1ccccc1CN1CCN(C(=O)Nc2ccc(C#N)cc2)CC1. The van der Waals surface area contributed by atoms with Gasteiger partial charge >= 0.3 is 6.03 Å². The van der Waals surface area contributed by atoms with E-state index in [9.17, 15) is 4.79 Å². The molecule has 2 amide bonds. The van der Waals surface area contributed by atoms with Crippen LogP contribution in [0, 0.1) is 18.3 Å². The van der Waals surface area contributed by atoms with Crippen molar-refractivity contribution in [1.82, 2.24) is 9.80 Å². The maximum atomic E-state index is 12.4. The van der Waals surface area contributed by atoms with Crippen molar-refractivity contribution in [3.05, 3.63) is 65.2 Å². The second-order valence-electron chi connectivity index (χ2n) is 6.31. The van der Waals surface area contributed by atoms with Gasteiger partial charge in [0.25, 0.3) is 0 Å². The Morgan fingerprint density at radius 2 is 1.76 bits per heavy atom. The van der Waals surface area contributed by atoms with Crippen molar-refractivity contribution in [3.63, 3.8) is 0 Å². The number of amides is 2. The van der Waals surface area contributed by atoms with Gasteiger partial charge in [0, 0.05) is 38.4 Å². The molecule has 1 aliphatic heterocycles. The average Bonchev–Trinajstić information content (AvgIpc) is 2.65. The zero-order valence-electron chi connectivity index (χ0n) is 14.4. The van der Waals surface area contributed by atoms with Crippen molar-refractivity contribution in [2.75, 3.05) is 31.5 Å². The summed E-state index contributed by atoms with van der Waals surface area (Å²) in [6, 6.07) is 17.3. The third-order valence-corrected chi connectivity index (χ3v) is 4.58. The minimum atomic E-state index is -0.0831. The maximum absolute atomic E-state index is 12.4. The molecule has 1 saturated heterocycles. The molecule has 1 N–H and O–H groups in total. The molecule has 25 heavy (non-hydrogen) atoms. The zero-order chi connectivity index (χ0) is 17.6. The first-order chi connectivity index (χ1) is 12.2. The Morgan fingerprint density at radius 3 is 2.40 bits per heavy atom. The first-order valence-corrected chi connectivity index (χ1v) is 8.48. The van der Waals surface area contributed by atoms with E-state index in [0.717, 1.165) is 19.6 Å². The van der Waals surface area contributed by atoms with Crippen LogP contribution in [0.4, 0.5) is 10.5 Å². The van der Waals surface area contributed by atoms with Crippen LogP contribution in [-0.4, -0.2) is 42.0 Å². The largest absolute Gasteiger partial charge is 0.322 e. The molecule has 1 heterocycles. The summed E-state index contributed by atoms with van der Waals surface area (Å²) in [4.78, 5) is 16.6. The van der Waals surface area contributed by atoms with Crippen molar-refractivity contribution in [1.29, 1.82) is 5.26 Å². The van der Waals surface area contributed by atoms with Crippen LogP contribution in [0.1, 0.15) is 16.7 Å². The number of rotatable bonds is 3. The molecule has 3 rings (SSSR count). The van der Waals surface area contributed by atoms with Crippen LogP contribution in [0.5, 0.6) is 0 Å². The summed E-state index contributed by atoms with van der Waals surface area (Å²) >= 11 is 0. The van der Waals surface area contributed by atoms with Crippen molar-refractivity contribution < 1.29 is 4.79 Å². The molecule has 2 aromatic rings. The van der Waals surface area contributed by atoms with Crippen LogP contribution >= 0.6 is 0 Å². The highest BCUT2D eigenvalue weighted by Gasteiger charge is 2.21. The first-order valence-electron chi connectivity index (χ1n) is 8.48. The van der Waals surface area contributed by atoms with Crippen molar-refractivity contribution in [2.45, 2.75) is 13.5 Å². The predicted octanol–water partition coefficient (Wildman–Crippen LogP) is 3.22. The molecule has 5 nitrogen and oxygen atoms in total. The van der Waals surface area contributed by atoms with Crippen LogP contribution in [0.3, 0.4) is 0 Å². The number of nitrogens with zero attached hydrogens (tertiary/aromatic N) is 3. The van der Waals surface area contributed by atoms with Gasteiger partial charge in [0.2, 0.25) is 0 Å². The Kier molecular flexibility index (Phi) is 5.32. The number of hydrogen-bond donors (Lipinski definition) is 1. The fourth-order valence-electron chi connectivity index (χ4n) is 2.97. The van der Waals surface area contributed by atoms with Crippen LogP contribution in [0.15, 0.2) is 48.5 Å². The zero-order valence-corrected chi connectivity index (χ0v) is 14.4. The third kappa shape index (κ3) is 4.37. The minimum absolute atomic E-state index is 0.0831. The summed E-state index contributed by atoms with van der Waals surface area (Å²) in [6.07, 6.45) is 0. The highest BCUT2D eigenvalue weighted by atomic mass is 16.2. The molecule has 0 unspecified atom stereocenters. The van der Waals surface area contributed by atoms with Gasteiger partial charge in [-0.1, -0.05) is 24.3 Å². The fraction of sp³-hybridized carbons (Fsp3) is 0.300. The number of aryl methyl sites for hydroxylation is 1. The van der Waals surface area contributed by atoms with E-state index < -0.39 is 0 Å². The quantitative estimate of drug-likeness (QED) is 0.937. The predicted molar refractivity (Wildman–Crippen MR) is 98.2 cm³/mol. The van der Waals surface area contributed by atoms with Gasteiger partial charge in [-0.2, -0.15) is 5.26 Å². The first kappa shape index (κ1) is 17.0. The smallest absolute Gasteiger partial charge is 0.321 e. The average molecular weight is 334 g/mol. The fourth-order valence-corrected chi connectivity index (χ4v) is 2.97. The summed E-state index contributed by atoms with van der Waals surface area (Å²) in [6.45, 7) is 6.24. The molecule has 0 aromatic heterocycles. The van der Waals surface area contributed by atoms with Gasteiger partial charge in [-0.25, -0.2) is 4.79 Å². The molecular weight excluding hydrogens is 312 g/mol. The standard InChI is InChI=1S/C20H22N4O/c1-16-4-2-3-5-18(16)15-23-10-12-24(13-11-23)20(25)22-19-8-6-17(14-21)7-9-19/h2-9H,10-13,15H2,1H3,(H,22,25). The van der Waals surface area contributed by atoms with Gasteiger partial charge in [0.1, 0.15) is 0 Å². The Hall–Kier alpha value is -2.84. The van der Waals surface area contributed by atoms with E-state index in [0.29, 0.717) is 24.3 Å². The highest BCUT2D eigenvalue weighted by Crippen LogP contribution is 2.14. The van der Waals surface area contributed by atoms with Gasteiger partial charge in [-0.15, -0.1) is 0 Å². The number of anilines is 1. The lowest BCUT2D eigenvalue weighted by atomic mass is 10.1. The molecular formula is C20H22N4O. The lowest BCUT2D eigenvalue weighted by Gasteiger charge is -2.35. The number of nitriles is 1. The highest BCUT2D eigenvalue weighted by molar-refractivity contribution is 5.89. The number of benzene rings is 2. The van der Waals surface area contributed by atoms with Gasteiger partial charge in [0.15, 0.2) is 0 Å². The summed E-state index contributed by atoms with van der Waals surface area (Å²) in [5.74, 6) is 0. The van der Waals surface area contributed by atoms with Crippen LogP contribution in [0.25, 0.3) is 0 Å². The molecule has 0 radical (unpaired) electrons. The van der Waals surface area contributed by atoms with E-state index in [4.69, 9.17) is 5.26 Å². The topological polar surface area (TPSA) is 59.4 Å². The summed E-state index contributed by atoms with van der Waals surface area (Å²) in [5.41, 5.74) is 3.95. The Balaban J connectivity index is 1.50. The van der Waals surface area contributed by atoms with E-state index in [1.807, 2.05) is 4.90 Å². The second-order valence-corrected chi connectivity index (χ2v) is 6.31. The van der Waals surface area contributed by atoms with Gasteiger partial charge in [0.05, 0.1) is 11.6 Å². The molecule has 2 aromatic carbocycles. The normalized spacial score (nSPS) is 14.8. The molecule has 5 heteroatoms. The maximum Gasteiger partial charge on any atom is 0.321 e. The number of carbonyl (C=O) groups excluding carboxylic acids is 1. The second kappa shape index (κ2) is 7.82. The summed E-state index contributed by atoms with van der Waals surface area (Å²) in [5, 5.41) is 11.7. The molecule has 0 bridgehead atoms. The number of nitrogens with one attached hydrogen (secondary N) is 1. The Labute approximate surface area is 148 Å².